The molecule has 0 saturated carbocycles. The van der Waals surface area contributed by atoms with Crippen LogP contribution in [0.3, 0.4) is 0 Å². The van der Waals surface area contributed by atoms with Gasteiger partial charge in [0.2, 0.25) is 0 Å². The van der Waals surface area contributed by atoms with Gasteiger partial charge < -0.3 is 9.84 Å². The smallest absolute Gasteiger partial charge is 0.312 e. The van der Waals surface area contributed by atoms with E-state index >= 15 is 0 Å². The van der Waals surface area contributed by atoms with E-state index in [0.29, 0.717) is 29.5 Å². The fourth-order valence-electron chi connectivity index (χ4n) is 2.39. The molecule has 1 N–H and O–H groups in total. The number of rotatable bonds is 3. The van der Waals surface area contributed by atoms with Crippen molar-refractivity contribution in [3.8, 4) is 0 Å². The zero-order valence-electron chi connectivity index (χ0n) is 9.95. The van der Waals surface area contributed by atoms with Gasteiger partial charge in [-0.05, 0) is 31.4 Å². The number of benzene rings is 1. The number of ether oxygens (including phenoxy) is 1. The fourth-order valence-corrected chi connectivity index (χ4v) is 2.78. The average molecular weight is 289 g/mol. The summed E-state index contributed by atoms with van der Waals surface area (Å²) in [5.74, 6) is -0.844. The Bertz CT molecular complexity index is 475. The van der Waals surface area contributed by atoms with Crippen LogP contribution < -0.4 is 0 Å². The minimum Gasteiger partial charge on any atom is -0.481 e. The van der Waals surface area contributed by atoms with Crippen LogP contribution in [-0.2, 0) is 16.0 Å². The van der Waals surface area contributed by atoms with E-state index in [1.807, 2.05) is 6.07 Å². The van der Waals surface area contributed by atoms with Crippen molar-refractivity contribution < 1.29 is 14.6 Å². The van der Waals surface area contributed by atoms with Gasteiger partial charge in [0.25, 0.3) is 0 Å². The second-order valence-electron chi connectivity index (χ2n) is 4.61. The maximum atomic E-state index is 11.6. The van der Waals surface area contributed by atoms with Crippen LogP contribution in [-0.4, -0.2) is 23.8 Å². The van der Waals surface area contributed by atoms with Gasteiger partial charge >= 0.3 is 5.97 Å². The van der Waals surface area contributed by atoms with Gasteiger partial charge in [0.05, 0.1) is 21.6 Å². The van der Waals surface area contributed by atoms with E-state index in [1.165, 1.54) is 0 Å². The average Bonchev–Trinajstić information content (AvgIpc) is 2.68. The summed E-state index contributed by atoms with van der Waals surface area (Å²) in [6, 6.07) is 5.28. The summed E-state index contributed by atoms with van der Waals surface area (Å²) in [4.78, 5) is 11.6. The summed E-state index contributed by atoms with van der Waals surface area (Å²) in [6.07, 6.45) is 0.500. The van der Waals surface area contributed by atoms with Gasteiger partial charge in [-0.2, -0.15) is 0 Å². The van der Waals surface area contributed by atoms with E-state index < -0.39 is 11.4 Å². The summed E-state index contributed by atoms with van der Waals surface area (Å²) in [7, 11) is 0. The molecule has 0 aliphatic carbocycles. The molecule has 0 radical (unpaired) electrons. The first-order valence-corrected chi connectivity index (χ1v) is 6.51. The Morgan fingerprint density at radius 3 is 2.83 bits per heavy atom. The number of carboxylic acid groups (broad SMARTS) is 1. The van der Waals surface area contributed by atoms with Crippen LogP contribution in [0.5, 0.6) is 0 Å². The second-order valence-corrected chi connectivity index (χ2v) is 5.40. The lowest BCUT2D eigenvalue weighted by atomic mass is 9.76. The molecular formula is C13H14Cl2O3. The molecule has 1 aliphatic rings. The monoisotopic (exact) mass is 288 g/mol. The third-order valence-electron chi connectivity index (χ3n) is 3.66. The first kappa shape index (κ1) is 13.7. The second kappa shape index (κ2) is 5.08. The molecule has 0 amide bonds. The van der Waals surface area contributed by atoms with Crippen molar-refractivity contribution in [2.24, 2.45) is 5.41 Å². The summed E-state index contributed by atoms with van der Waals surface area (Å²) >= 11 is 12.1. The molecular weight excluding hydrogens is 275 g/mol. The Morgan fingerprint density at radius 1 is 1.56 bits per heavy atom. The number of carboxylic acids is 1. The highest BCUT2D eigenvalue weighted by Crippen LogP contribution is 2.40. The molecule has 2 atom stereocenters. The Hall–Kier alpha value is -0.770. The third-order valence-corrected chi connectivity index (χ3v) is 4.52. The number of carbonyl (C=O) groups is 1. The SMILES string of the molecule is CC1OCCC1(Cc1cccc(Cl)c1Cl)C(=O)O. The molecule has 5 heteroatoms. The lowest BCUT2D eigenvalue weighted by Gasteiger charge is -2.27. The van der Waals surface area contributed by atoms with Crippen molar-refractivity contribution in [1.29, 1.82) is 0 Å². The van der Waals surface area contributed by atoms with Gasteiger partial charge in [-0.15, -0.1) is 0 Å². The lowest BCUT2D eigenvalue weighted by Crippen LogP contribution is -2.39. The molecule has 1 fully saturated rings. The molecule has 1 heterocycles. The molecule has 1 aliphatic heterocycles. The van der Waals surface area contributed by atoms with E-state index in [0.717, 1.165) is 5.56 Å². The zero-order valence-corrected chi connectivity index (χ0v) is 11.5. The Morgan fingerprint density at radius 2 is 2.28 bits per heavy atom. The highest BCUT2D eigenvalue weighted by atomic mass is 35.5. The largest absolute Gasteiger partial charge is 0.481 e. The molecule has 98 valence electrons. The predicted molar refractivity (Wildman–Crippen MR) is 70.3 cm³/mol. The highest BCUT2D eigenvalue weighted by Gasteiger charge is 2.48. The van der Waals surface area contributed by atoms with E-state index in [9.17, 15) is 9.90 Å². The number of hydrogen-bond donors (Lipinski definition) is 1. The highest BCUT2D eigenvalue weighted by molar-refractivity contribution is 6.42. The molecule has 0 aromatic heterocycles. The van der Waals surface area contributed by atoms with Crippen LogP contribution in [0.25, 0.3) is 0 Å². The molecule has 0 spiro atoms. The number of aliphatic carboxylic acids is 1. The zero-order chi connectivity index (χ0) is 13.3. The first-order chi connectivity index (χ1) is 8.47. The molecule has 3 nitrogen and oxygen atoms in total. The van der Waals surface area contributed by atoms with Crippen molar-refractivity contribution in [3.05, 3.63) is 33.8 Å². The van der Waals surface area contributed by atoms with Gasteiger partial charge in [0, 0.05) is 6.61 Å². The van der Waals surface area contributed by atoms with Crippen molar-refractivity contribution in [1.82, 2.24) is 0 Å². The van der Waals surface area contributed by atoms with Crippen molar-refractivity contribution in [2.75, 3.05) is 6.61 Å². The minimum absolute atomic E-state index is 0.329. The van der Waals surface area contributed by atoms with Crippen LogP contribution in [0, 0.1) is 5.41 Å². The van der Waals surface area contributed by atoms with Crippen molar-refractivity contribution >= 4 is 29.2 Å². The third kappa shape index (κ3) is 2.22. The maximum Gasteiger partial charge on any atom is 0.312 e. The Balaban J connectivity index is 2.36. The Labute approximate surface area is 116 Å². The van der Waals surface area contributed by atoms with E-state index in [4.69, 9.17) is 27.9 Å². The van der Waals surface area contributed by atoms with E-state index in [1.54, 1.807) is 19.1 Å². The molecule has 1 aromatic carbocycles. The molecule has 1 aromatic rings. The topological polar surface area (TPSA) is 46.5 Å². The van der Waals surface area contributed by atoms with E-state index in [2.05, 4.69) is 0 Å². The number of halogens is 2. The van der Waals surface area contributed by atoms with Gasteiger partial charge in [-0.25, -0.2) is 0 Å². The Kier molecular flexibility index (Phi) is 3.85. The molecule has 2 unspecified atom stereocenters. The fraction of sp³-hybridized carbons (Fsp3) is 0.462. The standard InChI is InChI=1S/C13H14Cl2O3/c1-8-13(12(16)17,5-6-18-8)7-9-3-2-4-10(14)11(9)15/h2-4,8H,5-7H2,1H3,(H,16,17). The summed E-state index contributed by atoms with van der Waals surface area (Å²) in [5.41, 5.74) is -0.155. The van der Waals surface area contributed by atoms with E-state index in [-0.39, 0.29) is 6.10 Å². The van der Waals surface area contributed by atoms with Gasteiger partial charge in [0.15, 0.2) is 0 Å². The summed E-state index contributed by atoms with van der Waals surface area (Å²) in [5, 5.41) is 10.4. The van der Waals surface area contributed by atoms with Crippen molar-refractivity contribution in [3.63, 3.8) is 0 Å². The van der Waals surface area contributed by atoms with Gasteiger partial charge in [-0.3, -0.25) is 4.79 Å². The van der Waals surface area contributed by atoms with Crippen molar-refractivity contribution in [2.45, 2.75) is 25.9 Å². The molecule has 0 bridgehead atoms. The number of hydrogen-bond acceptors (Lipinski definition) is 2. The van der Waals surface area contributed by atoms with Gasteiger partial charge in [0.1, 0.15) is 0 Å². The molecule has 1 saturated heterocycles. The van der Waals surface area contributed by atoms with Crippen LogP contribution in [0.15, 0.2) is 18.2 Å². The van der Waals surface area contributed by atoms with Crippen LogP contribution >= 0.6 is 23.2 Å². The summed E-state index contributed by atoms with van der Waals surface area (Å²) < 4.78 is 5.42. The van der Waals surface area contributed by atoms with Crippen LogP contribution in [0.1, 0.15) is 18.9 Å². The molecule has 2 rings (SSSR count). The minimum atomic E-state index is -0.908. The quantitative estimate of drug-likeness (QED) is 0.927. The predicted octanol–water partition coefficient (Wildman–Crippen LogP) is 3.42. The maximum absolute atomic E-state index is 11.6. The molecule has 18 heavy (non-hydrogen) atoms. The lowest BCUT2D eigenvalue weighted by molar-refractivity contribution is -0.151. The van der Waals surface area contributed by atoms with Crippen LogP contribution in [0.2, 0.25) is 10.0 Å². The summed E-state index contributed by atoms with van der Waals surface area (Å²) in [6.45, 7) is 2.26. The first-order valence-electron chi connectivity index (χ1n) is 5.75. The van der Waals surface area contributed by atoms with Crippen LogP contribution in [0.4, 0.5) is 0 Å². The normalized spacial score (nSPS) is 27.4. The van der Waals surface area contributed by atoms with Gasteiger partial charge in [-0.1, -0.05) is 35.3 Å².